The lowest BCUT2D eigenvalue weighted by molar-refractivity contribution is -0.384. The van der Waals surface area contributed by atoms with Gasteiger partial charge in [0.05, 0.1) is 10.5 Å². The van der Waals surface area contributed by atoms with E-state index in [1.807, 2.05) is 17.0 Å². The van der Waals surface area contributed by atoms with Crippen LogP contribution in [0, 0.1) is 16.0 Å². The number of non-ortho nitro benzene ring substituents is 1. The lowest BCUT2D eigenvalue weighted by atomic mass is 9.89. The first-order valence-electron chi connectivity index (χ1n) is 13.3. The number of carbonyl (C=O) groups is 2. The molecule has 0 atom stereocenters. The molecule has 8 heteroatoms. The maximum absolute atomic E-state index is 13.6. The molecule has 0 bridgehead atoms. The number of anilines is 2. The van der Waals surface area contributed by atoms with Gasteiger partial charge in [0.1, 0.15) is 0 Å². The second-order valence-corrected chi connectivity index (χ2v) is 10.1. The van der Waals surface area contributed by atoms with Crippen LogP contribution in [0.15, 0.2) is 72.8 Å². The van der Waals surface area contributed by atoms with Gasteiger partial charge in [-0.25, -0.2) is 0 Å². The van der Waals surface area contributed by atoms with Gasteiger partial charge in [-0.05, 0) is 67.9 Å². The monoisotopic (exact) mass is 512 g/mol. The summed E-state index contributed by atoms with van der Waals surface area (Å²) in [6.45, 7) is 3.22. The average molecular weight is 513 g/mol. The van der Waals surface area contributed by atoms with Crippen LogP contribution in [0.4, 0.5) is 17.1 Å². The molecule has 2 amide bonds. The highest BCUT2D eigenvalue weighted by molar-refractivity contribution is 6.06. The highest BCUT2D eigenvalue weighted by Gasteiger charge is 2.27. The number of hydrogen-bond acceptors (Lipinski definition) is 5. The van der Waals surface area contributed by atoms with Crippen LogP contribution < -0.4 is 10.2 Å². The molecule has 2 aliphatic heterocycles. The molecular formula is C30H32N4O4. The van der Waals surface area contributed by atoms with Crippen LogP contribution in [0.2, 0.25) is 0 Å². The maximum Gasteiger partial charge on any atom is 0.270 e. The molecule has 0 aromatic heterocycles. The number of piperidine rings is 1. The molecule has 0 unspecified atom stereocenters. The van der Waals surface area contributed by atoms with Crippen molar-refractivity contribution >= 4 is 28.9 Å². The van der Waals surface area contributed by atoms with E-state index in [0.717, 1.165) is 64.0 Å². The molecule has 2 fully saturated rings. The summed E-state index contributed by atoms with van der Waals surface area (Å²) < 4.78 is 0. The number of hydrogen-bond donors (Lipinski definition) is 1. The lowest BCUT2D eigenvalue weighted by Crippen LogP contribution is -2.36. The van der Waals surface area contributed by atoms with Gasteiger partial charge in [-0.2, -0.15) is 0 Å². The molecule has 0 radical (unpaired) electrons. The van der Waals surface area contributed by atoms with Crippen molar-refractivity contribution in [3.63, 3.8) is 0 Å². The zero-order valence-electron chi connectivity index (χ0n) is 21.3. The molecule has 5 rings (SSSR count). The predicted octanol–water partition coefficient (Wildman–Crippen LogP) is 5.54. The Hall–Kier alpha value is -4.20. The van der Waals surface area contributed by atoms with Crippen LogP contribution in [0.3, 0.4) is 0 Å². The highest BCUT2D eigenvalue weighted by Crippen LogP contribution is 2.32. The van der Waals surface area contributed by atoms with Gasteiger partial charge in [-0.15, -0.1) is 0 Å². The van der Waals surface area contributed by atoms with Crippen molar-refractivity contribution in [2.45, 2.75) is 32.1 Å². The topological polar surface area (TPSA) is 95.8 Å². The van der Waals surface area contributed by atoms with Crippen molar-refractivity contribution in [1.82, 2.24) is 4.90 Å². The normalized spacial score (nSPS) is 15.9. The van der Waals surface area contributed by atoms with Gasteiger partial charge in [0, 0.05) is 55.2 Å². The molecule has 0 aliphatic carbocycles. The Morgan fingerprint density at radius 1 is 0.895 bits per heavy atom. The molecule has 8 nitrogen and oxygen atoms in total. The van der Waals surface area contributed by atoms with E-state index >= 15 is 0 Å². The Kier molecular flexibility index (Phi) is 7.67. The quantitative estimate of drug-likeness (QED) is 0.331. The summed E-state index contributed by atoms with van der Waals surface area (Å²) in [5, 5.41) is 13.9. The van der Waals surface area contributed by atoms with Crippen LogP contribution in [0.25, 0.3) is 0 Å². The van der Waals surface area contributed by atoms with Crippen LogP contribution in [-0.4, -0.2) is 47.8 Å². The van der Waals surface area contributed by atoms with Crippen LogP contribution in [0.1, 0.15) is 52.0 Å². The van der Waals surface area contributed by atoms with E-state index in [4.69, 9.17) is 0 Å². The summed E-state index contributed by atoms with van der Waals surface area (Å²) >= 11 is 0. The SMILES string of the molecule is O=C(Nc1ccc(N2CCC(Cc3ccccc3)CC2)c(C(=O)N2CCCC2)c1)c1cccc([N+](=O)[O-])c1. The largest absolute Gasteiger partial charge is 0.371 e. The van der Waals surface area contributed by atoms with Crippen molar-refractivity contribution in [1.29, 1.82) is 0 Å². The predicted molar refractivity (Wildman–Crippen MR) is 148 cm³/mol. The van der Waals surface area contributed by atoms with Crippen LogP contribution in [-0.2, 0) is 6.42 Å². The van der Waals surface area contributed by atoms with E-state index in [0.29, 0.717) is 17.2 Å². The van der Waals surface area contributed by atoms with E-state index in [9.17, 15) is 19.7 Å². The Bertz CT molecular complexity index is 1310. The van der Waals surface area contributed by atoms with E-state index in [1.165, 1.54) is 29.8 Å². The molecule has 38 heavy (non-hydrogen) atoms. The first-order valence-corrected chi connectivity index (χ1v) is 13.3. The smallest absolute Gasteiger partial charge is 0.270 e. The van der Waals surface area contributed by atoms with Crippen molar-refractivity contribution in [3.8, 4) is 0 Å². The molecule has 2 saturated heterocycles. The van der Waals surface area contributed by atoms with Crippen LogP contribution >= 0.6 is 0 Å². The van der Waals surface area contributed by atoms with Gasteiger partial charge >= 0.3 is 0 Å². The van der Waals surface area contributed by atoms with E-state index in [1.54, 1.807) is 12.1 Å². The van der Waals surface area contributed by atoms with Crippen molar-refractivity contribution in [2.75, 3.05) is 36.4 Å². The summed E-state index contributed by atoms with van der Waals surface area (Å²) in [5.74, 6) is 0.137. The number of carbonyl (C=O) groups excluding carboxylic acids is 2. The molecule has 2 aliphatic rings. The second kappa shape index (κ2) is 11.5. The van der Waals surface area contributed by atoms with Gasteiger partial charge in [0.2, 0.25) is 0 Å². The summed E-state index contributed by atoms with van der Waals surface area (Å²) in [6.07, 6.45) is 5.16. The third-order valence-corrected chi connectivity index (χ3v) is 7.52. The fraction of sp³-hybridized carbons (Fsp3) is 0.333. The fourth-order valence-corrected chi connectivity index (χ4v) is 5.44. The first-order chi connectivity index (χ1) is 18.5. The molecule has 196 valence electrons. The number of nitro benzene ring substituents is 1. The zero-order chi connectivity index (χ0) is 26.5. The Morgan fingerprint density at radius 2 is 1.63 bits per heavy atom. The molecule has 1 N–H and O–H groups in total. The highest BCUT2D eigenvalue weighted by atomic mass is 16.6. The standard InChI is InChI=1S/C30H32N4O4/c35-29(24-9-6-10-26(20-24)34(37)38)31-25-11-12-28(27(21-25)30(36)33-15-4-5-16-33)32-17-13-23(14-18-32)19-22-7-2-1-3-8-22/h1-3,6-12,20-21,23H,4-5,13-19H2,(H,31,35). The number of rotatable bonds is 7. The van der Waals surface area contributed by atoms with E-state index in [2.05, 4.69) is 34.5 Å². The Balaban J connectivity index is 1.34. The number of nitrogens with zero attached hydrogens (tertiary/aromatic N) is 3. The number of amides is 2. The number of nitrogens with one attached hydrogen (secondary N) is 1. The molecule has 2 heterocycles. The second-order valence-electron chi connectivity index (χ2n) is 10.1. The average Bonchev–Trinajstić information content (AvgIpc) is 3.49. The zero-order valence-corrected chi connectivity index (χ0v) is 21.3. The third-order valence-electron chi connectivity index (χ3n) is 7.52. The summed E-state index contributed by atoms with van der Waals surface area (Å²) in [6, 6.07) is 21.7. The first kappa shape index (κ1) is 25.4. The summed E-state index contributed by atoms with van der Waals surface area (Å²) in [5.41, 5.74) is 3.38. The van der Waals surface area contributed by atoms with Gasteiger partial charge in [0.15, 0.2) is 0 Å². The van der Waals surface area contributed by atoms with Gasteiger partial charge in [-0.3, -0.25) is 19.7 Å². The minimum absolute atomic E-state index is 0.0182. The molecule has 3 aromatic rings. The summed E-state index contributed by atoms with van der Waals surface area (Å²) in [4.78, 5) is 41.2. The molecule has 0 saturated carbocycles. The molecule has 3 aromatic carbocycles. The van der Waals surface area contributed by atoms with Gasteiger partial charge < -0.3 is 15.1 Å². The summed E-state index contributed by atoms with van der Waals surface area (Å²) in [7, 11) is 0. The van der Waals surface area contributed by atoms with E-state index in [-0.39, 0.29) is 17.2 Å². The minimum atomic E-state index is -0.526. The van der Waals surface area contributed by atoms with Gasteiger partial charge in [-0.1, -0.05) is 36.4 Å². The van der Waals surface area contributed by atoms with E-state index < -0.39 is 10.8 Å². The third kappa shape index (κ3) is 5.85. The number of benzene rings is 3. The van der Waals surface area contributed by atoms with Crippen molar-refractivity contribution in [3.05, 3.63) is 99.6 Å². The number of nitro groups is 1. The number of likely N-dealkylation sites (tertiary alicyclic amines) is 1. The fourth-order valence-electron chi connectivity index (χ4n) is 5.44. The maximum atomic E-state index is 13.6. The lowest BCUT2D eigenvalue weighted by Gasteiger charge is -2.35. The van der Waals surface area contributed by atoms with Crippen LogP contribution in [0.5, 0.6) is 0 Å². The molecular weight excluding hydrogens is 480 g/mol. The van der Waals surface area contributed by atoms with Crippen molar-refractivity contribution in [2.24, 2.45) is 5.92 Å². The minimum Gasteiger partial charge on any atom is -0.371 e. The Morgan fingerprint density at radius 3 is 2.34 bits per heavy atom. The molecule has 0 spiro atoms. The van der Waals surface area contributed by atoms with Crippen molar-refractivity contribution < 1.29 is 14.5 Å². The Labute approximate surface area is 222 Å². The van der Waals surface area contributed by atoms with Gasteiger partial charge in [0.25, 0.3) is 17.5 Å².